The highest BCUT2D eigenvalue weighted by Gasteiger charge is 2.21. The summed E-state index contributed by atoms with van der Waals surface area (Å²) in [7, 11) is 0. The van der Waals surface area contributed by atoms with Gasteiger partial charge in [-0.25, -0.2) is 4.79 Å². The summed E-state index contributed by atoms with van der Waals surface area (Å²) in [6, 6.07) is 4.57. The molecule has 0 fully saturated rings. The molecule has 0 aromatic heterocycles. The molecule has 1 atom stereocenters. The van der Waals surface area contributed by atoms with Crippen LogP contribution in [0, 0.1) is 6.92 Å². The SMILES string of the molecule is Cc1ccc(NC(=O)C(C)NC(=O)OC(C)(C)C)c(Cl)c1. The predicted molar refractivity (Wildman–Crippen MR) is 83.7 cm³/mol. The Labute approximate surface area is 130 Å². The molecule has 0 aliphatic heterocycles. The maximum absolute atomic E-state index is 12.0. The van der Waals surface area contributed by atoms with Gasteiger partial charge in [0.1, 0.15) is 11.6 Å². The molecule has 5 nitrogen and oxygen atoms in total. The summed E-state index contributed by atoms with van der Waals surface area (Å²) in [5.74, 6) is -0.369. The number of ether oxygens (including phenoxy) is 1. The second-order valence-electron chi connectivity index (χ2n) is 5.84. The van der Waals surface area contributed by atoms with Gasteiger partial charge in [0.15, 0.2) is 0 Å². The van der Waals surface area contributed by atoms with Crippen molar-refractivity contribution in [2.45, 2.75) is 46.3 Å². The molecular formula is C15H21ClN2O3. The van der Waals surface area contributed by atoms with Gasteiger partial charge >= 0.3 is 6.09 Å². The van der Waals surface area contributed by atoms with Gasteiger partial charge in [-0.05, 0) is 52.3 Å². The summed E-state index contributed by atoms with van der Waals surface area (Å²) in [4.78, 5) is 23.6. The van der Waals surface area contributed by atoms with E-state index < -0.39 is 17.7 Å². The van der Waals surface area contributed by atoms with Crippen LogP contribution in [-0.2, 0) is 9.53 Å². The molecule has 2 amide bonds. The number of hydrogen-bond acceptors (Lipinski definition) is 3. The molecule has 0 aliphatic carbocycles. The second kappa shape index (κ2) is 6.80. The summed E-state index contributed by atoms with van der Waals surface area (Å²) in [6.07, 6.45) is -0.639. The molecule has 1 aromatic rings. The van der Waals surface area contributed by atoms with Crippen molar-refractivity contribution < 1.29 is 14.3 Å². The van der Waals surface area contributed by atoms with Crippen molar-refractivity contribution in [1.82, 2.24) is 5.32 Å². The Hall–Kier alpha value is -1.75. The van der Waals surface area contributed by atoms with Crippen LogP contribution in [0.15, 0.2) is 18.2 Å². The van der Waals surface area contributed by atoms with Crippen LogP contribution in [0.2, 0.25) is 5.02 Å². The number of benzene rings is 1. The zero-order valence-electron chi connectivity index (χ0n) is 12.9. The number of anilines is 1. The number of hydrogen-bond donors (Lipinski definition) is 2. The number of halogens is 1. The van der Waals surface area contributed by atoms with Crippen molar-refractivity contribution in [3.63, 3.8) is 0 Å². The van der Waals surface area contributed by atoms with Crippen molar-refractivity contribution in [2.24, 2.45) is 0 Å². The van der Waals surface area contributed by atoms with E-state index in [0.717, 1.165) is 5.56 Å². The number of nitrogens with one attached hydrogen (secondary N) is 2. The number of alkyl carbamates (subject to hydrolysis) is 1. The number of amides is 2. The predicted octanol–water partition coefficient (Wildman–Crippen LogP) is 3.50. The van der Waals surface area contributed by atoms with E-state index in [4.69, 9.17) is 16.3 Å². The quantitative estimate of drug-likeness (QED) is 0.897. The van der Waals surface area contributed by atoms with Crippen LogP contribution in [-0.4, -0.2) is 23.6 Å². The minimum Gasteiger partial charge on any atom is -0.444 e. The van der Waals surface area contributed by atoms with E-state index >= 15 is 0 Å². The van der Waals surface area contributed by atoms with E-state index in [9.17, 15) is 9.59 Å². The van der Waals surface area contributed by atoms with Gasteiger partial charge in [-0.1, -0.05) is 17.7 Å². The lowest BCUT2D eigenvalue weighted by Crippen LogP contribution is -2.44. The third-order valence-electron chi connectivity index (χ3n) is 2.51. The average Bonchev–Trinajstić information content (AvgIpc) is 2.29. The van der Waals surface area contributed by atoms with Crippen molar-refractivity contribution in [2.75, 3.05) is 5.32 Å². The van der Waals surface area contributed by atoms with Crippen molar-refractivity contribution in [3.8, 4) is 0 Å². The maximum atomic E-state index is 12.0. The lowest BCUT2D eigenvalue weighted by atomic mass is 10.2. The smallest absolute Gasteiger partial charge is 0.408 e. The zero-order chi connectivity index (χ0) is 16.2. The van der Waals surface area contributed by atoms with Crippen LogP contribution in [0.1, 0.15) is 33.3 Å². The molecule has 1 unspecified atom stereocenters. The molecule has 0 radical (unpaired) electrons. The van der Waals surface area contributed by atoms with Gasteiger partial charge in [-0.15, -0.1) is 0 Å². The molecule has 0 saturated carbocycles. The standard InChI is InChI=1S/C15H21ClN2O3/c1-9-6-7-12(11(16)8-9)18-13(19)10(2)17-14(20)21-15(3,4)5/h6-8,10H,1-5H3,(H,17,20)(H,18,19). The van der Waals surface area contributed by atoms with Gasteiger partial charge in [0.25, 0.3) is 0 Å². The fourth-order valence-electron chi connectivity index (χ4n) is 1.51. The first kappa shape index (κ1) is 17.3. The van der Waals surface area contributed by atoms with Gasteiger partial charge in [0.05, 0.1) is 10.7 Å². The Bertz CT molecular complexity index is 538. The molecule has 1 rings (SSSR count). The molecule has 21 heavy (non-hydrogen) atoms. The van der Waals surface area contributed by atoms with Gasteiger partial charge in [0.2, 0.25) is 5.91 Å². The molecule has 0 saturated heterocycles. The Morgan fingerprint density at radius 1 is 1.29 bits per heavy atom. The summed E-state index contributed by atoms with van der Waals surface area (Å²) in [5.41, 5.74) is 0.892. The van der Waals surface area contributed by atoms with E-state index in [0.29, 0.717) is 10.7 Å². The second-order valence-corrected chi connectivity index (χ2v) is 6.25. The first-order valence-corrected chi connectivity index (χ1v) is 7.03. The van der Waals surface area contributed by atoms with Crippen LogP contribution in [0.3, 0.4) is 0 Å². The van der Waals surface area contributed by atoms with Crippen LogP contribution < -0.4 is 10.6 Å². The molecular weight excluding hydrogens is 292 g/mol. The average molecular weight is 313 g/mol. The van der Waals surface area contributed by atoms with Gasteiger partial charge in [-0.3, -0.25) is 4.79 Å². The summed E-state index contributed by atoms with van der Waals surface area (Å²) in [6.45, 7) is 8.74. The zero-order valence-corrected chi connectivity index (χ0v) is 13.7. The third kappa shape index (κ3) is 6.04. The largest absolute Gasteiger partial charge is 0.444 e. The summed E-state index contributed by atoms with van der Waals surface area (Å²) >= 11 is 6.04. The van der Waals surface area contributed by atoms with Gasteiger partial charge in [-0.2, -0.15) is 0 Å². The molecule has 0 heterocycles. The van der Waals surface area contributed by atoms with Crippen LogP contribution in [0.25, 0.3) is 0 Å². The van der Waals surface area contributed by atoms with Crippen molar-refractivity contribution in [1.29, 1.82) is 0 Å². The van der Waals surface area contributed by atoms with Gasteiger partial charge < -0.3 is 15.4 Å². The Balaban J connectivity index is 2.61. The number of aryl methyl sites for hydroxylation is 1. The first-order valence-electron chi connectivity index (χ1n) is 6.65. The highest BCUT2D eigenvalue weighted by Crippen LogP contribution is 2.22. The van der Waals surface area contributed by atoms with E-state index in [2.05, 4.69) is 10.6 Å². The van der Waals surface area contributed by atoms with E-state index in [1.54, 1.807) is 39.8 Å². The van der Waals surface area contributed by atoms with Gasteiger partial charge in [0, 0.05) is 0 Å². The minimum atomic E-state index is -0.739. The number of rotatable bonds is 3. The van der Waals surface area contributed by atoms with Crippen LogP contribution in [0.4, 0.5) is 10.5 Å². The van der Waals surface area contributed by atoms with E-state index in [-0.39, 0.29) is 5.91 Å². The summed E-state index contributed by atoms with van der Waals surface area (Å²) in [5, 5.41) is 5.59. The topological polar surface area (TPSA) is 67.4 Å². The summed E-state index contributed by atoms with van der Waals surface area (Å²) < 4.78 is 5.09. The fourth-order valence-corrected chi connectivity index (χ4v) is 1.79. The minimum absolute atomic E-state index is 0.369. The normalized spacial score (nSPS) is 12.5. The maximum Gasteiger partial charge on any atom is 0.408 e. The molecule has 0 aliphatic rings. The molecule has 1 aromatic carbocycles. The highest BCUT2D eigenvalue weighted by atomic mass is 35.5. The molecule has 6 heteroatoms. The highest BCUT2D eigenvalue weighted by molar-refractivity contribution is 6.33. The molecule has 0 spiro atoms. The van der Waals surface area contributed by atoms with Crippen LogP contribution >= 0.6 is 11.6 Å². The fraction of sp³-hybridized carbons (Fsp3) is 0.467. The molecule has 116 valence electrons. The third-order valence-corrected chi connectivity index (χ3v) is 2.82. The number of carbonyl (C=O) groups is 2. The monoisotopic (exact) mass is 312 g/mol. The lowest BCUT2D eigenvalue weighted by molar-refractivity contribution is -0.117. The molecule has 0 bridgehead atoms. The molecule has 2 N–H and O–H groups in total. The Morgan fingerprint density at radius 2 is 1.90 bits per heavy atom. The first-order chi connectivity index (χ1) is 9.58. The van der Waals surface area contributed by atoms with Crippen molar-refractivity contribution in [3.05, 3.63) is 28.8 Å². The van der Waals surface area contributed by atoms with E-state index in [1.807, 2.05) is 13.0 Å². The Morgan fingerprint density at radius 3 is 2.43 bits per heavy atom. The van der Waals surface area contributed by atoms with E-state index in [1.165, 1.54) is 0 Å². The van der Waals surface area contributed by atoms with Crippen molar-refractivity contribution >= 4 is 29.3 Å². The number of carbonyl (C=O) groups excluding carboxylic acids is 2. The lowest BCUT2D eigenvalue weighted by Gasteiger charge is -2.21. The Kier molecular flexibility index (Phi) is 5.61. The van der Waals surface area contributed by atoms with Crippen LogP contribution in [0.5, 0.6) is 0 Å².